The molecule has 5 nitrogen and oxygen atoms in total. The van der Waals surface area contributed by atoms with Crippen molar-refractivity contribution in [1.82, 2.24) is 14.8 Å². The topological polar surface area (TPSA) is 56.4 Å². The van der Waals surface area contributed by atoms with Gasteiger partial charge in [0.1, 0.15) is 12.1 Å². The first-order valence-electron chi connectivity index (χ1n) is 9.19. The second kappa shape index (κ2) is 6.26. The van der Waals surface area contributed by atoms with Crippen LogP contribution in [-0.4, -0.2) is 39.3 Å². The Hall–Kier alpha value is -2.50. The molecule has 1 saturated heterocycles. The Bertz CT molecular complexity index is 1140. The quantitative estimate of drug-likeness (QED) is 0.614. The molecule has 2 atom stereocenters. The van der Waals surface area contributed by atoms with Crippen molar-refractivity contribution in [2.24, 2.45) is 0 Å². The minimum absolute atomic E-state index is 0.154. The standard InChI is InChI=1S/C21H17Cl2N3O2/c1-2-25-20(27)17-10-14-12-5-3-4-6-16(12)24-18(14)19(26(17)21(25)28)13-8-7-11(22)9-15(13)23/h3-9,17,19,24H,2,10H2,1H3/t17-,19-/m1/s1. The summed E-state index contributed by atoms with van der Waals surface area (Å²) in [5.74, 6) is -0.154. The molecule has 3 aromatic rings. The molecule has 0 bridgehead atoms. The molecule has 142 valence electrons. The lowest BCUT2D eigenvalue weighted by molar-refractivity contribution is -0.128. The van der Waals surface area contributed by atoms with Crippen LogP contribution >= 0.6 is 23.2 Å². The molecule has 0 aliphatic carbocycles. The summed E-state index contributed by atoms with van der Waals surface area (Å²) in [6.45, 7) is 2.16. The van der Waals surface area contributed by atoms with Crippen molar-refractivity contribution >= 4 is 46.0 Å². The van der Waals surface area contributed by atoms with Gasteiger partial charge in [-0.3, -0.25) is 14.6 Å². The lowest BCUT2D eigenvalue weighted by atomic mass is 9.89. The molecule has 3 heterocycles. The Balaban J connectivity index is 1.78. The number of halogens is 2. The van der Waals surface area contributed by atoms with E-state index in [2.05, 4.69) is 4.98 Å². The Morgan fingerprint density at radius 1 is 1.14 bits per heavy atom. The summed E-state index contributed by atoms with van der Waals surface area (Å²) in [6, 6.07) is 12.0. The molecule has 2 aliphatic rings. The van der Waals surface area contributed by atoms with Gasteiger partial charge in [-0.1, -0.05) is 47.5 Å². The first-order valence-corrected chi connectivity index (χ1v) is 9.95. The van der Waals surface area contributed by atoms with E-state index in [0.717, 1.165) is 27.7 Å². The van der Waals surface area contributed by atoms with E-state index in [9.17, 15) is 9.59 Å². The Morgan fingerprint density at radius 2 is 1.93 bits per heavy atom. The Kier molecular flexibility index (Phi) is 3.93. The van der Waals surface area contributed by atoms with Gasteiger partial charge in [0.15, 0.2) is 0 Å². The number of H-pyrrole nitrogens is 1. The fraction of sp³-hybridized carbons (Fsp3) is 0.238. The number of likely N-dealkylation sites (N-methyl/N-ethyl adjacent to an activating group) is 1. The molecule has 1 fully saturated rings. The van der Waals surface area contributed by atoms with E-state index in [1.54, 1.807) is 17.0 Å². The zero-order valence-electron chi connectivity index (χ0n) is 15.1. The van der Waals surface area contributed by atoms with Gasteiger partial charge in [0.2, 0.25) is 0 Å². The molecule has 3 amide bonds. The van der Waals surface area contributed by atoms with Crippen LogP contribution in [0.15, 0.2) is 42.5 Å². The highest BCUT2D eigenvalue weighted by molar-refractivity contribution is 6.35. The number of carbonyl (C=O) groups excluding carboxylic acids is 2. The molecule has 1 aromatic heterocycles. The molecular formula is C21H17Cl2N3O2. The summed E-state index contributed by atoms with van der Waals surface area (Å²) in [5, 5.41) is 2.07. The number of benzene rings is 2. The number of imide groups is 1. The van der Waals surface area contributed by atoms with E-state index < -0.39 is 12.1 Å². The molecule has 5 rings (SSSR count). The van der Waals surface area contributed by atoms with E-state index in [0.29, 0.717) is 23.0 Å². The maximum absolute atomic E-state index is 13.1. The van der Waals surface area contributed by atoms with Gasteiger partial charge in [0.25, 0.3) is 5.91 Å². The number of carbonyl (C=O) groups is 2. The molecular weight excluding hydrogens is 397 g/mol. The SMILES string of the molecule is CCN1C(=O)[C@H]2Cc3c([nH]c4ccccc34)[C@@H](c3ccc(Cl)cc3Cl)N2C1=O. The third-order valence-electron chi connectivity index (χ3n) is 5.71. The number of nitrogens with zero attached hydrogens (tertiary/aromatic N) is 2. The normalized spacial score (nSPS) is 21.4. The Labute approximate surface area is 171 Å². The number of nitrogens with one attached hydrogen (secondary N) is 1. The summed E-state index contributed by atoms with van der Waals surface area (Å²) in [6.07, 6.45) is 0.488. The van der Waals surface area contributed by atoms with Gasteiger partial charge in [-0.25, -0.2) is 4.79 Å². The second-order valence-electron chi connectivity index (χ2n) is 7.12. The summed E-state index contributed by atoms with van der Waals surface area (Å²) < 4.78 is 0. The minimum Gasteiger partial charge on any atom is -0.356 e. The fourth-order valence-electron chi connectivity index (χ4n) is 4.47. The highest BCUT2D eigenvalue weighted by atomic mass is 35.5. The summed E-state index contributed by atoms with van der Waals surface area (Å²) >= 11 is 12.6. The summed E-state index contributed by atoms with van der Waals surface area (Å²) in [5.41, 5.74) is 3.70. The van der Waals surface area contributed by atoms with Crippen molar-refractivity contribution in [2.75, 3.05) is 6.54 Å². The van der Waals surface area contributed by atoms with Crippen molar-refractivity contribution in [3.8, 4) is 0 Å². The number of fused-ring (bicyclic) bond motifs is 4. The highest BCUT2D eigenvalue weighted by Gasteiger charge is 2.52. The van der Waals surface area contributed by atoms with Crippen LogP contribution in [0.25, 0.3) is 10.9 Å². The third kappa shape index (κ3) is 2.33. The monoisotopic (exact) mass is 413 g/mol. The zero-order valence-corrected chi connectivity index (χ0v) is 16.6. The van der Waals surface area contributed by atoms with Gasteiger partial charge in [-0.2, -0.15) is 0 Å². The van der Waals surface area contributed by atoms with Crippen LogP contribution in [0.1, 0.15) is 29.8 Å². The van der Waals surface area contributed by atoms with E-state index >= 15 is 0 Å². The molecule has 0 spiro atoms. The van der Waals surface area contributed by atoms with Crippen molar-refractivity contribution in [3.63, 3.8) is 0 Å². The molecule has 7 heteroatoms. The van der Waals surface area contributed by atoms with Crippen LogP contribution in [0.2, 0.25) is 10.0 Å². The highest BCUT2D eigenvalue weighted by Crippen LogP contribution is 2.45. The fourth-order valence-corrected chi connectivity index (χ4v) is 4.98. The predicted octanol–water partition coefficient (Wildman–Crippen LogP) is 4.77. The first-order chi connectivity index (χ1) is 13.5. The minimum atomic E-state index is -0.532. The smallest absolute Gasteiger partial charge is 0.328 e. The predicted molar refractivity (Wildman–Crippen MR) is 109 cm³/mol. The average Bonchev–Trinajstić information content (AvgIpc) is 3.16. The van der Waals surface area contributed by atoms with Crippen LogP contribution < -0.4 is 0 Å². The zero-order chi connectivity index (χ0) is 19.6. The van der Waals surface area contributed by atoms with Gasteiger partial charge in [-0.05, 0) is 36.2 Å². The number of hydrogen-bond donors (Lipinski definition) is 1. The molecule has 0 saturated carbocycles. The lowest BCUT2D eigenvalue weighted by Crippen LogP contribution is -2.44. The number of urea groups is 1. The molecule has 2 aromatic carbocycles. The van der Waals surface area contributed by atoms with Crippen LogP contribution in [-0.2, 0) is 11.2 Å². The van der Waals surface area contributed by atoms with Crippen LogP contribution in [0.3, 0.4) is 0 Å². The van der Waals surface area contributed by atoms with E-state index in [4.69, 9.17) is 23.2 Å². The molecule has 0 radical (unpaired) electrons. The van der Waals surface area contributed by atoms with Crippen LogP contribution in [0, 0.1) is 0 Å². The number of aromatic amines is 1. The maximum Gasteiger partial charge on any atom is 0.328 e. The van der Waals surface area contributed by atoms with Crippen LogP contribution in [0.5, 0.6) is 0 Å². The van der Waals surface area contributed by atoms with E-state index in [1.165, 1.54) is 4.90 Å². The molecule has 2 aliphatic heterocycles. The van der Waals surface area contributed by atoms with E-state index in [1.807, 2.05) is 37.3 Å². The van der Waals surface area contributed by atoms with Crippen molar-refractivity contribution in [3.05, 3.63) is 69.3 Å². The Morgan fingerprint density at radius 3 is 2.68 bits per heavy atom. The molecule has 1 N–H and O–H groups in total. The number of rotatable bonds is 2. The van der Waals surface area contributed by atoms with Crippen molar-refractivity contribution < 1.29 is 9.59 Å². The third-order valence-corrected chi connectivity index (χ3v) is 6.27. The molecule has 0 unspecified atom stereocenters. The first kappa shape index (κ1) is 17.6. The maximum atomic E-state index is 13.1. The summed E-state index contributed by atoms with van der Waals surface area (Å²) in [7, 11) is 0. The number of hydrogen-bond acceptors (Lipinski definition) is 2. The van der Waals surface area contributed by atoms with Gasteiger partial charge >= 0.3 is 6.03 Å². The molecule has 28 heavy (non-hydrogen) atoms. The van der Waals surface area contributed by atoms with Crippen molar-refractivity contribution in [2.45, 2.75) is 25.4 Å². The summed E-state index contributed by atoms with van der Waals surface area (Å²) in [4.78, 5) is 32.5. The van der Waals surface area contributed by atoms with Gasteiger partial charge in [0, 0.05) is 39.6 Å². The van der Waals surface area contributed by atoms with Crippen molar-refractivity contribution in [1.29, 1.82) is 0 Å². The van der Waals surface area contributed by atoms with Crippen LogP contribution in [0.4, 0.5) is 4.79 Å². The average molecular weight is 414 g/mol. The largest absolute Gasteiger partial charge is 0.356 e. The number of aromatic nitrogens is 1. The van der Waals surface area contributed by atoms with Gasteiger partial charge in [0.05, 0.1) is 0 Å². The van der Waals surface area contributed by atoms with Gasteiger partial charge < -0.3 is 4.98 Å². The number of para-hydroxylation sites is 1. The lowest BCUT2D eigenvalue weighted by Gasteiger charge is -2.36. The number of amides is 3. The van der Waals surface area contributed by atoms with E-state index in [-0.39, 0.29) is 11.9 Å². The van der Waals surface area contributed by atoms with Gasteiger partial charge in [-0.15, -0.1) is 0 Å². The second-order valence-corrected chi connectivity index (χ2v) is 7.97.